The first-order valence-electron chi connectivity index (χ1n) is 13.1. The zero-order valence-electron chi connectivity index (χ0n) is 22.6. The predicted octanol–water partition coefficient (Wildman–Crippen LogP) is 3.93. The van der Waals surface area contributed by atoms with E-state index in [0.29, 0.717) is 31.5 Å². The molecule has 4 atom stereocenters. The number of likely N-dealkylation sites (tertiary alicyclic amines) is 1. The third kappa shape index (κ3) is 6.98. The first-order chi connectivity index (χ1) is 18.3. The van der Waals surface area contributed by atoms with E-state index in [9.17, 15) is 18.8 Å². The van der Waals surface area contributed by atoms with Gasteiger partial charge in [-0.25, -0.2) is 14.2 Å². The fourth-order valence-electron chi connectivity index (χ4n) is 5.15. The van der Waals surface area contributed by atoms with E-state index in [-0.39, 0.29) is 29.4 Å². The molecule has 0 spiro atoms. The van der Waals surface area contributed by atoms with Gasteiger partial charge in [-0.05, 0) is 88.6 Å². The van der Waals surface area contributed by atoms with E-state index in [2.05, 4.69) is 15.6 Å². The highest BCUT2D eigenvalue weighted by atomic mass is 35.5. The van der Waals surface area contributed by atoms with Crippen LogP contribution in [0.15, 0.2) is 30.3 Å². The number of nitrogens with one attached hydrogen (secondary N) is 2. The Kier molecular flexibility index (Phi) is 8.34. The van der Waals surface area contributed by atoms with E-state index < -0.39 is 35.5 Å². The smallest absolute Gasteiger partial charge is 0.410 e. The predicted molar refractivity (Wildman–Crippen MR) is 145 cm³/mol. The molecule has 1 aliphatic heterocycles. The molecule has 9 nitrogen and oxygen atoms in total. The number of halogens is 2. The van der Waals surface area contributed by atoms with Crippen LogP contribution in [0.4, 0.5) is 15.0 Å². The summed E-state index contributed by atoms with van der Waals surface area (Å²) in [5.74, 6) is -0.933. The van der Waals surface area contributed by atoms with Crippen LogP contribution in [-0.4, -0.2) is 52.0 Å². The molecule has 1 saturated heterocycles. The number of aryl methyl sites for hydroxylation is 1. The van der Waals surface area contributed by atoms with Crippen LogP contribution in [0.25, 0.3) is 0 Å². The van der Waals surface area contributed by atoms with Crippen molar-refractivity contribution in [3.8, 4) is 0 Å². The first-order valence-corrected chi connectivity index (χ1v) is 13.5. The fourth-order valence-corrected chi connectivity index (χ4v) is 5.35. The van der Waals surface area contributed by atoms with E-state index >= 15 is 0 Å². The molecule has 2 heterocycles. The van der Waals surface area contributed by atoms with Crippen LogP contribution in [0.2, 0.25) is 5.02 Å². The summed E-state index contributed by atoms with van der Waals surface area (Å²) < 4.78 is 19.2. The van der Waals surface area contributed by atoms with Gasteiger partial charge in [0.25, 0.3) is 0 Å². The number of pyridine rings is 1. The number of nitrogen functional groups attached to an aromatic ring is 1. The normalized spacial score (nSPS) is 21.3. The molecule has 1 aliphatic carbocycles. The highest BCUT2D eigenvalue weighted by molar-refractivity contribution is 6.30. The summed E-state index contributed by atoms with van der Waals surface area (Å²) in [5.41, 5.74) is 7.61. The van der Waals surface area contributed by atoms with Crippen LogP contribution in [0.1, 0.15) is 63.4 Å². The van der Waals surface area contributed by atoms with Gasteiger partial charge in [0.15, 0.2) is 0 Å². The summed E-state index contributed by atoms with van der Waals surface area (Å²) in [5, 5.41) is 5.78. The van der Waals surface area contributed by atoms with Gasteiger partial charge in [-0.15, -0.1) is 0 Å². The van der Waals surface area contributed by atoms with E-state index in [0.717, 1.165) is 16.8 Å². The number of ether oxygens (including phenoxy) is 1. The second-order valence-electron chi connectivity index (χ2n) is 11.3. The molecule has 39 heavy (non-hydrogen) atoms. The van der Waals surface area contributed by atoms with Gasteiger partial charge < -0.3 is 21.1 Å². The number of hydrogen-bond donors (Lipinski definition) is 3. The Morgan fingerprint density at radius 1 is 1.26 bits per heavy atom. The summed E-state index contributed by atoms with van der Waals surface area (Å²) >= 11 is 5.94. The number of anilines is 1. The number of hydrogen-bond acceptors (Lipinski definition) is 6. The summed E-state index contributed by atoms with van der Waals surface area (Å²) in [4.78, 5) is 45.1. The van der Waals surface area contributed by atoms with Gasteiger partial charge in [-0.2, -0.15) is 0 Å². The Morgan fingerprint density at radius 3 is 2.69 bits per heavy atom. The van der Waals surface area contributed by atoms with Gasteiger partial charge in [0, 0.05) is 12.2 Å². The van der Waals surface area contributed by atoms with E-state index in [4.69, 9.17) is 22.1 Å². The first kappa shape index (κ1) is 28.6. The highest BCUT2D eigenvalue weighted by Crippen LogP contribution is 2.31. The van der Waals surface area contributed by atoms with Crippen molar-refractivity contribution in [3.63, 3.8) is 0 Å². The van der Waals surface area contributed by atoms with Gasteiger partial charge in [0.1, 0.15) is 29.3 Å². The average Bonchev–Trinajstić information content (AvgIpc) is 3.44. The number of rotatable bonds is 6. The Bertz CT molecular complexity index is 1270. The molecule has 1 aromatic carbocycles. The Hall–Kier alpha value is -3.40. The lowest BCUT2D eigenvalue weighted by molar-refractivity contribution is -0.131. The van der Waals surface area contributed by atoms with Crippen LogP contribution >= 0.6 is 11.6 Å². The van der Waals surface area contributed by atoms with Crippen molar-refractivity contribution in [1.82, 2.24) is 20.5 Å². The van der Waals surface area contributed by atoms with Gasteiger partial charge in [0.2, 0.25) is 11.8 Å². The molecule has 1 aromatic heterocycles. The quantitative estimate of drug-likeness (QED) is 0.492. The number of carbonyl (C=O) groups excluding carboxylic acids is 3. The zero-order chi connectivity index (χ0) is 28.5. The largest absolute Gasteiger partial charge is 0.444 e. The third-order valence-electron chi connectivity index (χ3n) is 6.97. The Balaban J connectivity index is 1.42. The number of benzene rings is 1. The molecule has 2 aliphatic rings. The standard InChI is InChI=1S/C28H35ClFN5O4/c1-15(25(36)34-22-9-8-21-18(22)6-10-24(31)33-21)32-26(37)23-13-17(11-16-5-7-20(30)19(29)12-16)14-35(23)27(38)39-28(2,3)4/h5-7,10,12,15,17,22-23H,8-9,11,13-14H2,1-4H3,(H2,31,33)(H,32,37)(H,34,36)/t15-,17-,22+,23+/m0/s1. The van der Waals surface area contributed by atoms with Crippen molar-refractivity contribution in [2.24, 2.45) is 5.92 Å². The maximum atomic E-state index is 13.6. The fraction of sp³-hybridized carbons (Fsp3) is 0.500. The minimum absolute atomic E-state index is 0.0211. The maximum absolute atomic E-state index is 13.6. The number of aromatic nitrogens is 1. The summed E-state index contributed by atoms with van der Waals surface area (Å²) in [6.45, 7) is 7.15. The van der Waals surface area contributed by atoms with Crippen molar-refractivity contribution >= 4 is 35.3 Å². The molecule has 0 saturated carbocycles. The second-order valence-corrected chi connectivity index (χ2v) is 11.7. The lowest BCUT2D eigenvalue weighted by Gasteiger charge is -2.28. The summed E-state index contributed by atoms with van der Waals surface area (Å²) in [7, 11) is 0. The van der Waals surface area contributed by atoms with Gasteiger partial charge >= 0.3 is 6.09 Å². The molecule has 1 fully saturated rings. The van der Waals surface area contributed by atoms with Gasteiger partial charge in [-0.3, -0.25) is 14.5 Å². The highest BCUT2D eigenvalue weighted by Gasteiger charge is 2.42. The lowest BCUT2D eigenvalue weighted by Crippen LogP contribution is -2.52. The van der Waals surface area contributed by atoms with Crippen LogP contribution in [0.3, 0.4) is 0 Å². The molecule has 0 unspecified atom stereocenters. The molecular weight excluding hydrogens is 525 g/mol. The summed E-state index contributed by atoms with van der Waals surface area (Å²) in [6.07, 6.45) is 1.66. The molecule has 2 aromatic rings. The topological polar surface area (TPSA) is 127 Å². The minimum Gasteiger partial charge on any atom is -0.444 e. The van der Waals surface area contributed by atoms with Crippen LogP contribution in [0.5, 0.6) is 0 Å². The molecule has 3 amide bonds. The van der Waals surface area contributed by atoms with Crippen LogP contribution in [0, 0.1) is 11.7 Å². The molecule has 0 radical (unpaired) electrons. The SMILES string of the molecule is C[C@H](NC(=O)[C@H]1C[C@H](Cc2ccc(F)c(Cl)c2)CN1C(=O)OC(C)(C)C)C(=O)N[C@@H]1CCc2nc(N)ccc21. The molecule has 11 heteroatoms. The lowest BCUT2D eigenvalue weighted by atomic mass is 9.96. The molecule has 4 N–H and O–H groups in total. The minimum atomic E-state index is -0.835. The molecule has 4 rings (SSSR count). The third-order valence-corrected chi connectivity index (χ3v) is 7.26. The zero-order valence-corrected chi connectivity index (χ0v) is 23.3. The molecular formula is C28H35ClFN5O4. The van der Waals surface area contributed by atoms with Crippen molar-refractivity contribution in [2.75, 3.05) is 12.3 Å². The number of nitrogens with two attached hydrogens (primary N) is 1. The van der Waals surface area contributed by atoms with Gasteiger partial charge in [0.05, 0.1) is 11.1 Å². The molecule has 210 valence electrons. The van der Waals surface area contributed by atoms with Crippen LogP contribution in [-0.2, 0) is 27.2 Å². The number of fused-ring (bicyclic) bond motifs is 1. The van der Waals surface area contributed by atoms with Gasteiger partial charge in [-0.1, -0.05) is 23.7 Å². The number of nitrogens with zero attached hydrogens (tertiary/aromatic N) is 2. The second kappa shape index (κ2) is 11.4. The number of carbonyl (C=O) groups is 3. The van der Waals surface area contributed by atoms with E-state index in [1.165, 1.54) is 11.0 Å². The number of amides is 3. The van der Waals surface area contributed by atoms with Crippen LogP contribution < -0.4 is 16.4 Å². The summed E-state index contributed by atoms with van der Waals surface area (Å²) in [6, 6.07) is 6.20. The van der Waals surface area contributed by atoms with E-state index in [1.54, 1.807) is 45.9 Å². The average molecular weight is 560 g/mol. The maximum Gasteiger partial charge on any atom is 0.410 e. The Morgan fingerprint density at radius 2 is 2.00 bits per heavy atom. The van der Waals surface area contributed by atoms with E-state index in [1.807, 2.05) is 6.07 Å². The Labute approximate surface area is 232 Å². The monoisotopic (exact) mass is 559 g/mol. The van der Waals surface area contributed by atoms with Crippen molar-refractivity contribution in [3.05, 3.63) is 58.0 Å². The molecule has 0 bridgehead atoms. The van der Waals surface area contributed by atoms with Crippen molar-refractivity contribution in [2.45, 2.75) is 77.1 Å². The van der Waals surface area contributed by atoms with Crippen molar-refractivity contribution in [1.29, 1.82) is 0 Å². The van der Waals surface area contributed by atoms with Crippen molar-refractivity contribution < 1.29 is 23.5 Å².